The van der Waals surface area contributed by atoms with Crippen molar-refractivity contribution >= 4 is 11.5 Å². The van der Waals surface area contributed by atoms with Gasteiger partial charge in [0, 0.05) is 17.0 Å². The molecule has 1 unspecified atom stereocenters. The highest BCUT2D eigenvalue weighted by Crippen LogP contribution is 2.34. The molecule has 2 rings (SSSR count). The normalized spacial score (nSPS) is 13.2. The summed E-state index contributed by atoms with van der Waals surface area (Å²) < 4.78 is 23.3. The summed E-state index contributed by atoms with van der Waals surface area (Å²) in [4.78, 5) is 0.814. The van der Waals surface area contributed by atoms with Crippen LogP contribution >= 0.6 is 11.5 Å². The number of hydrogen-bond acceptors (Lipinski definition) is 6. The van der Waals surface area contributed by atoms with Crippen LogP contribution in [0.15, 0.2) is 18.2 Å². The van der Waals surface area contributed by atoms with Gasteiger partial charge >= 0.3 is 0 Å². The second kappa shape index (κ2) is 6.05. The first-order valence-electron chi connectivity index (χ1n) is 6.50. The monoisotopic (exact) mass is 310 g/mol. The minimum Gasteiger partial charge on any atom is -0.497 e. The van der Waals surface area contributed by atoms with Gasteiger partial charge in [-0.2, -0.15) is 0 Å². The average molecular weight is 310 g/mol. The molecular formula is C14H19FN4OS. The molecule has 2 aromatic rings. The van der Waals surface area contributed by atoms with Crippen molar-refractivity contribution < 1.29 is 9.13 Å². The lowest BCUT2D eigenvalue weighted by Crippen LogP contribution is -2.31. The Bertz CT molecular complexity index is 624. The SMILES string of the molecule is COc1ccc(C(NN)c2snnc2C(C)(C)C)c(F)c1. The van der Waals surface area contributed by atoms with Crippen molar-refractivity contribution in [2.45, 2.75) is 32.2 Å². The minimum absolute atomic E-state index is 0.194. The highest BCUT2D eigenvalue weighted by atomic mass is 32.1. The summed E-state index contributed by atoms with van der Waals surface area (Å²) >= 11 is 1.22. The van der Waals surface area contributed by atoms with Gasteiger partial charge in [-0.1, -0.05) is 31.3 Å². The van der Waals surface area contributed by atoms with Crippen LogP contribution in [0.1, 0.15) is 42.9 Å². The second-order valence-electron chi connectivity index (χ2n) is 5.72. The molecule has 21 heavy (non-hydrogen) atoms. The van der Waals surface area contributed by atoms with Crippen LogP contribution in [0.4, 0.5) is 4.39 Å². The molecule has 0 radical (unpaired) electrons. The van der Waals surface area contributed by atoms with Crippen LogP contribution in [-0.4, -0.2) is 16.7 Å². The van der Waals surface area contributed by atoms with E-state index in [9.17, 15) is 4.39 Å². The molecule has 0 spiro atoms. The number of hydrazine groups is 1. The standard InChI is InChI=1S/C14H19FN4OS/c1-14(2,3)13-12(21-19-18-13)11(17-16)9-6-5-8(20-4)7-10(9)15/h5-7,11,17H,16H2,1-4H3. The second-order valence-corrected chi connectivity index (χ2v) is 6.51. The molecule has 0 saturated carbocycles. The number of hydrogen-bond donors (Lipinski definition) is 2. The van der Waals surface area contributed by atoms with E-state index in [0.717, 1.165) is 10.6 Å². The summed E-state index contributed by atoms with van der Waals surface area (Å²) in [6, 6.07) is 4.20. The Kier molecular flexibility index (Phi) is 4.55. The summed E-state index contributed by atoms with van der Waals surface area (Å²) in [7, 11) is 1.50. The van der Waals surface area contributed by atoms with Crippen molar-refractivity contribution in [2.75, 3.05) is 7.11 Å². The zero-order valence-corrected chi connectivity index (χ0v) is 13.3. The zero-order valence-electron chi connectivity index (χ0n) is 12.5. The quantitative estimate of drug-likeness (QED) is 0.670. The number of nitrogens with two attached hydrogens (primary N) is 1. The molecule has 3 N–H and O–H groups in total. The van der Waals surface area contributed by atoms with E-state index < -0.39 is 6.04 Å². The Hall–Kier alpha value is -1.57. The van der Waals surface area contributed by atoms with Crippen LogP contribution in [0.5, 0.6) is 5.75 Å². The van der Waals surface area contributed by atoms with Gasteiger partial charge in [0.15, 0.2) is 0 Å². The van der Waals surface area contributed by atoms with Gasteiger partial charge in [0.1, 0.15) is 11.6 Å². The van der Waals surface area contributed by atoms with E-state index in [4.69, 9.17) is 10.6 Å². The topological polar surface area (TPSA) is 73.1 Å². The number of halogens is 1. The van der Waals surface area contributed by atoms with Gasteiger partial charge in [0.25, 0.3) is 0 Å². The van der Waals surface area contributed by atoms with E-state index in [2.05, 4.69) is 15.0 Å². The highest BCUT2D eigenvalue weighted by Gasteiger charge is 2.29. The first kappa shape index (κ1) is 15.8. The number of benzene rings is 1. The lowest BCUT2D eigenvalue weighted by Gasteiger charge is -2.22. The fraction of sp³-hybridized carbons (Fsp3) is 0.429. The van der Waals surface area contributed by atoms with E-state index in [-0.39, 0.29) is 11.2 Å². The molecule has 7 heteroatoms. The van der Waals surface area contributed by atoms with Crippen molar-refractivity contribution in [3.63, 3.8) is 0 Å². The molecule has 1 aromatic carbocycles. The molecule has 114 valence electrons. The average Bonchev–Trinajstić information content (AvgIpc) is 2.90. The first-order valence-corrected chi connectivity index (χ1v) is 7.28. The lowest BCUT2D eigenvalue weighted by atomic mass is 9.89. The predicted molar refractivity (Wildman–Crippen MR) is 80.7 cm³/mol. The Morgan fingerprint density at radius 2 is 2.10 bits per heavy atom. The number of methoxy groups -OCH3 is 1. The maximum atomic E-state index is 14.3. The van der Waals surface area contributed by atoms with Gasteiger partial charge in [0.2, 0.25) is 0 Å². The Morgan fingerprint density at radius 1 is 1.38 bits per heavy atom. The maximum Gasteiger partial charge on any atom is 0.132 e. The predicted octanol–water partition coefficient (Wildman–Crippen LogP) is 2.54. The molecule has 1 aromatic heterocycles. The molecular weight excluding hydrogens is 291 g/mol. The van der Waals surface area contributed by atoms with Crippen LogP contribution < -0.4 is 16.0 Å². The molecule has 0 saturated heterocycles. The third-order valence-corrected chi connectivity index (χ3v) is 3.96. The molecule has 0 aliphatic heterocycles. The van der Waals surface area contributed by atoms with Crippen LogP contribution in [0.2, 0.25) is 0 Å². The van der Waals surface area contributed by atoms with Crippen molar-refractivity contribution in [1.82, 2.24) is 15.0 Å². The molecule has 5 nitrogen and oxygen atoms in total. The van der Waals surface area contributed by atoms with Gasteiger partial charge in [-0.15, -0.1) is 5.10 Å². The Balaban J connectivity index is 2.48. The van der Waals surface area contributed by atoms with E-state index in [1.54, 1.807) is 12.1 Å². The fourth-order valence-electron chi connectivity index (χ4n) is 2.08. The third-order valence-electron chi connectivity index (χ3n) is 3.17. The van der Waals surface area contributed by atoms with E-state index in [0.29, 0.717) is 11.3 Å². The number of nitrogens with zero attached hydrogens (tertiary/aromatic N) is 2. The van der Waals surface area contributed by atoms with Gasteiger partial charge in [-0.25, -0.2) is 9.82 Å². The lowest BCUT2D eigenvalue weighted by molar-refractivity contribution is 0.410. The van der Waals surface area contributed by atoms with Crippen LogP contribution in [0.25, 0.3) is 0 Å². The van der Waals surface area contributed by atoms with Crippen molar-refractivity contribution in [1.29, 1.82) is 0 Å². The maximum absolute atomic E-state index is 14.3. The van der Waals surface area contributed by atoms with Gasteiger partial charge in [-0.3, -0.25) is 5.84 Å². The van der Waals surface area contributed by atoms with Gasteiger partial charge in [0.05, 0.1) is 23.7 Å². The number of nitrogens with one attached hydrogen (secondary N) is 1. The van der Waals surface area contributed by atoms with Gasteiger partial charge < -0.3 is 4.74 Å². The number of ether oxygens (including phenoxy) is 1. The molecule has 0 aliphatic rings. The smallest absolute Gasteiger partial charge is 0.132 e. The van der Waals surface area contributed by atoms with Crippen LogP contribution in [0.3, 0.4) is 0 Å². The van der Waals surface area contributed by atoms with E-state index in [1.165, 1.54) is 24.7 Å². The summed E-state index contributed by atoms with van der Waals surface area (Å²) in [5.74, 6) is 5.73. The van der Waals surface area contributed by atoms with E-state index in [1.807, 2.05) is 20.8 Å². The largest absolute Gasteiger partial charge is 0.497 e. The zero-order chi connectivity index (χ0) is 15.6. The highest BCUT2D eigenvalue weighted by molar-refractivity contribution is 7.05. The van der Waals surface area contributed by atoms with E-state index >= 15 is 0 Å². The Labute approximate surface area is 127 Å². The van der Waals surface area contributed by atoms with Crippen molar-refractivity contribution in [2.24, 2.45) is 5.84 Å². The summed E-state index contributed by atoms with van der Waals surface area (Å²) in [5, 5.41) is 4.17. The molecule has 0 aliphatic carbocycles. The number of aromatic nitrogens is 2. The summed E-state index contributed by atoms with van der Waals surface area (Å²) in [6.07, 6.45) is 0. The Morgan fingerprint density at radius 3 is 2.62 bits per heavy atom. The third kappa shape index (κ3) is 3.20. The molecule has 0 bridgehead atoms. The fourth-order valence-corrected chi connectivity index (χ4v) is 3.03. The summed E-state index contributed by atoms with van der Waals surface area (Å²) in [6.45, 7) is 6.10. The van der Waals surface area contributed by atoms with Crippen LogP contribution in [0, 0.1) is 5.82 Å². The first-order chi connectivity index (χ1) is 9.88. The molecule has 0 amide bonds. The molecule has 1 heterocycles. The minimum atomic E-state index is -0.495. The number of rotatable bonds is 4. The molecule has 1 atom stereocenters. The van der Waals surface area contributed by atoms with Crippen molar-refractivity contribution in [3.8, 4) is 5.75 Å². The van der Waals surface area contributed by atoms with Crippen LogP contribution in [-0.2, 0) is 5.41 Å². The summed E-state index contributed by atoms with van der Waals surface area (Å²) in [5.41, 5.74) is 3.72. The van der Waals surface area contributed by atoms with Gasteiger partial charge in [-0.05, 0) is 17.6 Å². The van der Waals surface area contributed by atoms with Crippen molar-refractivity contribution in [3.05, 3.63) is 40.2 Å². The molecule has 0 fully saturated rings.